The van der Waals surface area contributed by atoms with Crippen LogP contribution >= 0.6 is 15.9 Å². The molecule has 1 aromatic carbocycles. The Morgan fingerprint density at radius 1 is 1.29 bits per heavy atom. The van der Waals surface area contributed by atoms with Crippen LogP contribution in [0.15, 0.2) is 28.7 Å². The molecule has 1 atom stereocenters. The molecule has 1 heterocycles. The van der Waals surface area contributed by atoms with Crippen LogP contribution in [0.25, 0.3) is 0 Å². The summed E-state index contributed by atoms with van der Waals surface area (Å²) in [6.07, 6.45) is 0.215. The third kappa shape index (κ3) is 2.29. The maximum absolute atomic E-state index is 12.1. The van der Waals surface area contributed by atoms with E-state index >= 15 is 0 Å². The van der Waals surface area contributed by atoms with Crippen molar-refractivity contribution in [1.82, 2.24) is 5.32 Å². The number of Topliss-reactive ketones (excluding diaryl/α,β-unsaturated/α-hetero) is 2. The first-order valence-electron chi connectivity index (χ1n) is 5.20. The van der Waals surface area contributed by atoms with E-state index in [1.54, 1.807) is 24.3 Å². The third-order valence-electron chi connectivity index (χ3n) is 2.66. The minimum Gasteiger partial charge on any atom is -0.355 e. The van der Waals surface area contributed by atoms with Crippen LogP contribution in [-0.4, -0.2) is 24.0 Å². The number of nitrogens with one attached hydrogen (secondary N) is 1. The average molecular weight is 296 g/mol. The minimum atomic E-state index is -1.19. The van der Waals surface area contributed by atoms with Crippen molar-refractivity contribution < 1.29 is 14.4 Å². The van der Waals surface area contributed by atoms with Crippen LogP contribution in [0, 0.1) is 5.92 Å². The van der Waals surface area contributed by atoms with E-state index in [9.17, 15) is 14.4 Å². The van der Waals surface area contributed by atoms with Crippen LogP contribution in [-0.2, 0) is 9.59 Å². The van der Waals surface area contributed by atoms with Crippen LogP contribution < -0.4 is 5.32 Å². The summed E-state index contributed by atoms with van der Waals surface area (Å²) in [6.45, 7) is 0.317. The summed E-state index contributed by atoms with van der Waals surface area (Å²) in [5.74, 6) is -2.45. The van der Waals surface area contributed by atoms with E-state index in [0.29, 0.717) is 16.6 Å². The Bertz CT molecular complexity index is 482. The summed E-state index contributed by atoms with van der Waals surface area (Å²) in [4.78, 5) is 35.3. The monoisotopic (exact) mass is 295 g/mol. The fourth-order valence-electron chi connectivity index (χ4n) is 1.78. The molecule has 0 radical (unpaired) electrons. The highest BCUT2D eigenvalue weighted by atomic mass is 79.9. The predicted octanol–water partition coefficient (Wildman–Crippen LogP) is 1.34. The van der Waals surface area contributed by atoms with Crippen LogP contribution in [0.5, 0.6) is 0 Å². The summed E-state index contributed by atoms with van der Waals surface area (Å²) in [7, 11) is 0. The number of benzene rings is 1. The zero-order valence-corrected chi connectivity index (χ0v) is 10.5. The van der Waals surface area contributed by atoms with Crippen molar-refractivity contribution in [3.8, 4) is 0 Å². The first-order valence-corrected chi connectivity index (χ1v) is 5.99. The SMILES string of the molecule is O=C1CCNC(=O)C1C(=O)c1ccccc1Br. The van der Waals surface area contributed by atoms with Gasteiger partial charge in [0.25, 0.3) is 0 Å². The van der Waals surface area contributed by atoms with Gasteiger partial charge in [-0.05, 0) is 6.07 Å². The second kappa shape index (κ2) is 4.79. The fourth-order valence-corrected chi connectivity index (χ4v) is 2.26. The van der Waals surface area contributed by atoms with Crippen LogP contribution in [0.1, 0.15) is 16.8 Å². The standard InChI is InChI=1S/C12H10BrNO3/c13-8-4-2-1-3-7(8)11(16)10-9(15)5-6-14-12(10)17/h1-4,10H,5-6H2,(H,14,17). The van der Waals surface area contributed by atoms with Gasteiger partial charge in [0, 0.05) is 23.0 Å². The van der Waals surface area contributed by atoms with E-state index in [2.05, 4.69) is 21.2 Å². The molecule has 2 rings (SSSR count). The van der Waals surface area contributed by atoms with Gasteiger partial charge in [0.2, 0.25) is 5.91 Å². The van der Waals surface area contributed by atoms with Crippen molar-refractivity contribution in [3.05, 3.63) is 34.3 Å². The molecule has 1 N–H and O–H groups in total. The molecule has 5 heteroatoms. The highest BCUT2D eigenvalue weighted by Gasteiger charge is 2.37. The number of ketones is 2. The lowest BCUT2D eigenvalue weighted by molar-refractivity contribution is -0.134. The molecule has 88 valence electrons. The number of amides is 1. The van der Waals surface area contributed by atoms with E-state index in [1.165, 1.54) is 0 Å². The van der Waals surface area contributed by atoms with Crippen molar-refractivity contribution in [2.24, 2.45) is 5.92 Å². The van der Waals surface area contributed by atoms with E-state index < -0.39 is 17.6 Å². The Morgan fingerprint density at radius 2 is 2.00 bits per heavy atom. The van der Waals surface area contributed by atoms with E-state index in [4.69, 9.17) is 0 Å². The van der Waals surface area contributed by atoms with Gasteiger partial charge in [-0.1, -0.05) is 34.1 Å². The normalized spacial score (nSPS) is 19.9. The Hall–Kier alpha value is -1.49. The molecule has 1 aliphatic heterocycles. The molecule has 0 saturated carbocycles. The maximum Gasteiger partial charge on any atom is 0.238 e. The van der Waals surface area contributed by atoms with Crippen LogP contribution in [0.2, 0.25) is 0 Å². The Labute approximate surface area is 107 Å². The van der Waals surface area contributed by atoms with E-state index in [1.807, 2.05) is 0 Å². The van der Waals surface area contributed by atoms with Gasteiger partial charge in [0.1, 0.15) is 0 Å². The van der Waals surface area contributed by atoms with Gasteiger partial charge in [0.05, 0.1) is 0 Å². The molecule has 1 aromatic rings. The predicted molar refractivity (Wildman–Crippen MR) is 64.6 cm³/mol. The molecule has 1 saturated heterocycles. The van der Waals surface area contributed by atoms with E-state index in [-0.39, 0.29) is 12.2 Å². The van der Waals surface area contributed by atoms with Gasteiger partial charge < -0.3 is 5.32 Å². The second-order valence-electron chi connectivity index (χ2n) is 3.78. The van der Waals surface area contributed by atoms with Crippen LogP contribution in [0.4, 0.5) is 0 Å². The van der Waals surface area contributed by atoms with E-state index in [0.717, 1.165) is 0 Å². The molecule has 0 aliphatic carbocycles. The number of halogens is 1. The zero-order valence-electron chi connectivity index (χ0n) is 8.90. The average Bonchev–Trinajstić information content (AvgIpc) is 2.29. The molecular formula is C12H10BrNO3. The van der Waals surface area contributed by atoms with Crippen molar-refractivity contribution in [2.75, 3.05) is 6.54 Å². The molecule has 1 aliphatic rings. The summed E-state index contributed by atoms with van der Waals surface area (Å²) in [5, 5.41) is 2.54. The zero-order chi connectivity index (χ0) is 12.4. The molecule has 0 aromatic heterocycles. The number of carbonyl (C=O) groups is 3. The van der Waals surface area contributed by atoms with Gasteiger partial charge in [-0.2, -0.15) is 0 Å². The quantitative estimate of drug-likeness (QED) is 0.661. The Morgan fingerprint density at radius 3 is 2.65 bits per heavy atom. The summed E-state index contributed by atoms with van der Waals surface area (Å²) < 4.78 is 0.594. The van der Waals surface area contributed by atoms with Crippen molar-refractivity contribution in [2.45, 2.75) is 6.42 Å². The summed E-state index contributed by atoms with van der Waals surface area (Å²) >= 11 is 3.24. The summed E-state index contributed by atoms with van der Waals surface area (Å²) in [6, 6.07) is 6.77. The summed E-state index contributed by atoms with van der Waals surface area (Å²) in [5.41, 5.74) is 0.364. The molecule has 4 nitrogen and oxygen atoms in total. The molecule has 0 spiro atoms. The number of hydrogen-bond acceptors (Lipinski definition) is 3. The van der Waals surface area contributed by atoms with Gasteiger partial charge in [0.15, 0.2) is 17.5 Å². The number of rotatable bonds is 2. The highest BCUT2D eigenvalue weighted by Crippen LogP contribution is 2.21. The molecule has 0 bridgehead atoms. The molecule has 1 fully saturated rings. The van der Waals surface area contributed by atoms with Gasteiger partial charge in [-0.25, -0.2) is 0 Å². The third-order valence-corrected chi connectivity index (χ3v) is 3.35. The number of hydrogen-bond donors (Lipinski definition) is 1. The lowest BCUT2D eigenvalue weighted by Crippen LogP contribution is -2.46. The number of carbonyl (C=O) groups excluding carboxylic acids is 3. The molecule has 17 heavy (non-hydrogen) atoms. The Balaban J connectivity index is 2.34. The molecular weight excluding hydrogens is 286 g/mol. The Kier molecular flexibility index (Phi) is 3.38. The second-order valence-corrected chi connectivity index (χ2v) is 4.64. The number of piperidine rings is 1. The van der Waals surface area contributed by atoms with Crippen molar-refractivity contribution >= 4 is 33.4 Å². The van der Waals surface area contributed by atoms with Crippen LogP contribution in [0.3, 0.4) is 0 Å². The lowest BCUT2D eigenvalue weighted by atomic mass is 9.89. The smallest absolute Gasteiger partial charge is 0.238 e. The van der Waals surface area contributed by atoms with Gasteiger partial charge >= 0.3 is 0 Å². The van der Waals surface area contributed by atoms with Crippen molar-refractivity contribution in [1.29, 1.82) is 0 Å². The first-order chi connectivity index (χ1) is 8.11. The highest BCUT2D eigenvalue weighted by molar-refractivity contribution is 9.10. The van der Waals surface area contributed by atoms with Gasteiger partial charge in [-0.3, -0.25) is 14.4 Å². The first kappa shape index (κ1) is 12.0. The largest absolute Gasteiger partial charge is 0.355 e. The topological polar surface area (TPSA) is 63.2 Å². The molecule has 1 unspecified atom stereocenters. The maximum atomic E-state index is 12.1. The van der Waals surface area contributed by atoms with Gasteiger partial charge in [-0.15, -0.1) is 0 Å². The minimum absolute atomic E-state index is 0.215. The van der Waals surface area contributed by atoms with Crippen molar-refractivity contribution in [3.63, 3.8) is 0 Å². The lowest BCUT2D eigenvalue weighted by Gasteiger charge is -2.19. The fraction of sp³-hybridized carbons (Fsp3) is 0.250. The molecule has 1 amide bonds.